The molecule has 0 spiro atoms. The van der Waals surface area contributed by atoms with Gasteiger partial charge in [-0.1, -0.05) is 42.5 Å². The molecule has 1 fully saturated rings. The Morgan fingerprint density at radius 1 is 1.15 bits per heavy atom. The number of hydrogen-bond acceptors (Lipinski definition) is 4. The molecule has 130 valence electrons. The van der Waals surface area contributed by atoms with Gasteiger partial charge in [-0.2, -0.15) is 0 Å². The van der Waals surface area contributed by atoms with Crippen molar-refractivity contribution < 1.29 is 9.59 Å². The van der Waals surface area contributed by atoms with Crippen LogP contribution in [0.3, 0.4) is 0 Å². The second kappa shape index (κ2) is 6.92. The second-order valence-electron chi connectivity index (χ2n) is 6.38. The first-order chi connectivity index (χ1) is 12.7. The Hall–Kier alpha value is -3.28. The number of rotatable bonds is 4. The van der Waals surface area contributed by atoms with Crippen LogP contribution < -0.4 is 5.32 Å². The molecular formula is C20H18N4O2. The normalized spacial score (nSPS) is 16.8. The van der Waals surface area contributed by atoms with E-state index in [1.807, 2.05) is 24.3 Å². The third kappa shape index (κ3) is 3.26. The Kier molecular flexibility index (Phi) is 4.31. The summed E-state index contributed by atoms with van der Waals surface area (Å²) in [6.07, 6.45) is 4.71. The van der Waals surface area contributed by atoms with Crippen molar-refractivity contribution in [3.63, 3.8) is 0 Å². The topological polar surface area (TPSA) is 75.2 Å². The molecule has 0 bridgehead atoms. The summed E-state index contributed by atoms with van der Waals surface area (Å²) in [5.41, 5.74) is 1.37. The molecule has 1 aliphatic heterocycles. The molecule has 1 aromatic heterocycles. The van der Waals surface area contributed by atoms with Gasteiger partial charge in [0.05, 0.1) is 12.2 Å². The van der Waals surface area contributed by atoms with E-state index >= 15 is 0 Å². The summed E-state index contributed by atoms with van der Waals surface area (Å²) in [6, 6.07) is 14.0. The fraction of sp³-hybridized carbons (Fsp3) is 0.200. The van der Waals surface area contributed by atoms with Crippen LogP contribution in [0.1, 0.15) is 22.5 Å². The first kappa shape index (κ1) is 16.2. The molecule has 0 radical (unpaired) electrons. The number of fused-ring (bicyclic) bond motifs is 1. The smallest absolute Gasteiger partial charge is 0.271 e. The number of likely N-dealkylation sites (tertiary alicyclic amines) is 1. The molecule has 2 heterocycles. The van der Waals surface area contributed by atoms with Gasteiger partial charge in [-0.3, -0.25) is 14.6 Å². The van der Waals surface area contributed by atoms with Gasteiger partial charge in [0, 0.05) is 31.9 Å². The monoisotopic (exact) mass is 346 g/mol. The molecule has 2 amide bonds. The minimum Gasteiger partial charge on any atom is -0.346 e. The van der Waals surface area contributed by atoms with E-state index in [1.165, 1.54) is 18.6 Å². The summed E-state index contributed by atoms with van der Waals surface area (Å²) in [5, 5.41) is 5.18. The molecule has 4 rings (SSSR count). The maximum atomic E-state index is 12.4. The van der Waals surface area contributed by atoms with E-state index < -0.39 is 0 Å². The van der Waals surface area contributed by atoms with Crippen molar-refractivity contribution >= 4 is 22.6 Å². The van der Waals surface area contributed by atoms with Crippen LogP contribution in [0.5, 0.6) is 0 Å². The van der Waals surface area contributed by atoms with Crippen LogP contribution in [0.25, 0.3) is 10.8 Å². The molecule has 6 heteroatoms. The summed E-state index contributed by atoms with van der Waals surface area (Å²) < 4.78 is 0. The SMILES string of the molecule is O=C(N[C@H]1CC(=O)N(Cc2cccc3ccccc23)C1)c1cnccn1. The van der Waals surface area contributed by atoms with E-state index in [-0.39, 0.29) is 23.6 Å². The van der Waals surface area contributed by atoms with Gasteiger partial charge in [-0.15, -0.1) is 0 Å². The molecule has 6 nitrogen and oxygen atoms in total. The minimum atomic E-state index is -0.303. The molecule has 1 N–H and O–H groups in total. The lowest BCUT2D eigenvalue weighted by molar-refractivity contribution is -0.128. The first-order valence-electron chi connectivity index (χ1n) is 8.52. The van der Waals surface area contributed by atoms with Crippen LogP contribution in [-0.4, -0.2) is 39.3 Å². The van der Waals surface area contributed by atoms with Crippen LogP contribution in [0.4, 0.5) is 0 Å². The van der Waals surface area contributed by atoms with Gasteiger partial charge in [-0.05, 0) is 16.3 Å². The molecule has 1 aliphatic rings. The highest BCUT2D eigenvalue weighted by atomic mass is 16.2. The predicted molar refractivity (Wildman–Crippen MR) is 97.3 cm³/mol. The summed E-state index contributed by atoms with van der Waals surface area (Å²) in [4.78, 5) is 34.3. The van der Waals surface area contributed by atoms with Crippen molar-refractivity contribution in [3.05, 3.63) is 72.3 Å². The molecule has 0 unspecified atom stereocenters. The summed E-state index contributed by atoms with van der Waals surface area (Å²) in [7, 11) is 0. The minimum absolute atomic E-state index is 0.0439. The van der Waals surface area contributed by atoms with Crippen LogP contribution in [0.2, 0.25) is 0 Å². The van der Waals surface area contributed by atoms with Crippen molar-refractivity contribution in [2.24, 2.45) is 0 Å². The van der Waals surface area contributed by atoms with Crippen LogP contribution >= 0.6 is 0 Å². The number of nitrogens with zero attached hydrogens (tertiary/aromatic N) is 3. The molecule has 26 heavy (non-hydrogen) atoms. The van der Waals surface area contributed by atoms with Gasteiger partial charge in [0.2, 0.25) is 5.91 Å². The van der Waals surface area contributed by atoms with Gasteiger partial charge in [0.25, 0.3) is 5.91 Å². The van der Waals surface area contributed by atoms with E-state index in [0.717, 1.165) is 16.3 Å². The van der Waals surface area contributed by atoms with E-state index in [1.54, 1.807) is 4.90 Å². The van der Waals surface area contributed by atoms with Crippen molar-refractivity contribution in [3.8, 4) is 0 Å². The first-order valence-corrected chi connectivity index (χ1v) is 8.52. The van der Waals surface area contributed by atoms with E-state index in [9.17, 15) is 9.59 Å². The third-order valence-electron chi connectivity index (χ3n) is 4.59. The Labute approximate surface area is 150 Å². The summed E-state index contributed by atoms with van der Waals surface area (Å²) in [6.45, 7) is 1.03. The van der Waals surface area contributed by atoms with Gasteiger partial charge < -0.3 is 10.2 Å². The lowest BCUT2D eigenvalue weighted by Crippen LogP contribution is -2.37. The predicted octanol–water partition coefficient (Wildman–Crippen LogP) is 2.16. The lowest BCUT2D eigenvalue weighted by Gasteiger charge is -2.18. The maximum Gasteiger partial charge on any atom is 0.271 e. The van der Waals surface area contributed by atoms with Crippen molar-refractivity contribution in [2.45, 2.75) is 19.0 Å². The zero-order valence-corrected chi connectivity index (χ0v) is 14.1. The summed E-state index contributed by atoms with van der Waals surface area (Å²) in [5.74, 6) is -0.259. The highest BCUT2D eigenvalue weighted by molar-refractivity contribution is 5.93. The highest BCUT2D eigenvalue weighted by Crippen LogP contribution is 2.22. The van der Waals surface area contributed by atoms with Crippen LogP contribution in [0, 0.1) is 0 Å². The van der Waals surface area contributed by atoms with Gasteiger partial charge >= 0.3 is 0 Å². The number of carbonyl (C=O) groups is 2. The van der Waals surface area contributed by atoms with E-state index in [4.69, 9.17) is 0 Å². The average molecular weight is 346 g/mol. The fourth-order valence-corrected chi connectivity index (χ4v) is 3.33. The summed E-state index contributed by atoms with van der Waals surface area (Å²) >= 11 is 0. The van der Waals surface area contributed by atoms with Crippen molar-refractivity contribution in [2.75, 3.05) is 6.54 Å². The highest BCUT2D eigenvalue weighted by Gasteiger charge is 2.31. The Morgan fingerprint density at radius 2 is 2.00 bits per heavy atom. The Balaban J connectivity index is 1.46. The van der Waals surface area contributed by atoms with Crippen molar-refractivity contribution in [1.29, 1.82) is 0 Å². The largest absolute Gasteiger partial charge is 0.346 e. The van der Waals surface area contributed by atoms with Gasteiger partial charge in [0.15, 0.2) is 0 Å². The quantitative estimate of drug-likeness (QED) is 0.785. The molecule has 0 saturated carbocycles. The molecule has 0 aliphatic carbocycles. The molecule has 1 saturated heterocycles. The van der Waals surface area contributed by atoms with E-state index in [2.05, 4.69) is 33.5 Å². The van der Waals surface area contributed by atoms with E-state index in [0.29, 0.717) is 19.5 Å². The number of nitrogens with one attached hydrogen (secondary N) is 1. The standard InChI is InChI=1S/C20H18N4O2/c25-19-10-16(23-20(26)18-11-21-8-9-22-18)13-24(19)12-15-6-3-5-14-4-1-2-7-17(14)15/h1-9,11,16H,10,12-13H2,(H,23,26)/t16-/m0/s1. The number of carbonyl (C=O) groups excluding carboxylic acids is 2. The molecule has 3 aromatic rings. The van der Waals surface area contributed by atoms with Gasteiger partial charge in [0.1, 0.15) is 5.69 Å². The Morgan fingerprint density at radius 3 is 2.85 bits per heavy atom. The molecule has 2 aromatic carbocycles. The number of aromatic nitrogens is 2. The van der Waals surface area contributed by atoms with Gasteiger partial charge in [-0.25, -0.2) is 4.98 Å². The number of hydrogen-bond donors (Lipinski definition) is 1. The van der Waals surface area contributed by atoms with Crippen LogP contribution in [-0.2, 0) is 11.3 Å². The number of amides is 2. The molecular weight excluding hydrogens is 328 g/mol. The average Bonchev–Trinajstić information content (AvgIpc) is 3.01. The number of benzene rings is 2. The second-order valence-corrected chi connectivity index (χ2v) is 6.38. The maximum absolute atomic E-state index is 12.4. The zero-order valence-electron chi connectivity index (χ0n) is 14.1. The van der Waals surface area contributed by atoms with Crippen LogP contribution in [0.15, 0.2) is 61.1 Å². The molecule has 1 atom stereocenters. The lowest BCUT2D eigenvalue weighted by atomic mass is 10.0. The fourth-order valence-electron chi connectivity index (χ4n) is 3.33. The third-order valence-corrected chi connectivity index (χ3v) is 4.59. The zero-order chi connectivity index (χ0) is 17.9. The Bertz CT molecular complexity index is 953. The van der Waals surface area contributed by atoms with Crippen molar-refractivity contribution in [1.82, 2.24) is 20.2 Å².